The van der Waals surface area contributed by atoms with Gasteiger partial charge in [0, 0.05) is 11.8 Å². The molecule has 0 aromatic heterocycles. The van der Waals surface area contributed by atoms with E-state index >= 15 is 0 Å². The average molecular weight is 501 g/mol. The Labute approximate surface area is 188 Å². The van der Waals surface area contributed by atoms with Gasteiger partial charge in [-0.3, -0.25) is 19.7 Å². The Kier molecular flexibility index (Phi) is 7.70. The van der Waals surface area contributed by atoms with Crippen molar-refractivity contribution >= 4 is 49.0 Å². The lowest BCUT2D eigenvalue weighted by Crippen LogP contribution is -2.35. The van der Waals surface area contributed by atoms with Crippen LogP contribution in [0.3, 0.4) is 0 Å². The number of sulfonamides is 2. The highest BCUT2D eigenvalue weighted by Gasteiger charge is 2.23. The van der Waals surface area contributed by atoms with Crippen molar-refractivity contribution < 1.29 is 36.1 Å². The summed E-state index contributed by atoms with van der Waals surface area (Å²) in [5.41, 5.74) is 4.75. The number of hydrogen-bond acceptors (Lipinski definition) is 10. The van der Waals surface area contributed by atoms with E-state index in [1.165, 1.54) is 19.1 Å². The number of esters is 1. The van der Waals surface area contributed by atoms with Crippen LogP contribution in [0.5, 0.6) is 0 Å². The number of rotatable bonds is 9. The smallest absolute Gasteiger partial charge is 0.321 e. The van der Waals surface area contributed by atoms with Crippen LogP contribution in [0.15, 0.2) is 52.3 Å². The Morgan fingerprint density at radius 2 is 1.67 bits per heavy atom. The molecule has 0 aliphatic rings. The van der Waals surface area contributed by atoms with Crippen LogP contribution in [-0.2, 0) is 34.4 Å². The van der Waals surface area contributed by atoms with E-state index in [4.69, 9.17) is 15.6 Å². The fourth-order valence-electron chi connectivity index (χ4n) is 2.35. The van der Waals surface area contributed by atoms with Gasteiger partial charge < -0.3 is 15.8 Å². The van der Waals surface area contributed by atoms with Crippen molar-refractivity contribution in [3.63, 3.8) is 0 Å². The molecule has 1 atom stereocenters. The first kappa shape index (κ1) is 25.7. The molecule has 0 saturated carbocycles. The summed E-state index contributed by atoms with van der Waals surface area (Å²) in [5.74, 6) is -1.88. The van der Waals surface area contributed by atoms with Gasteiger partial charge in [-0.1, -0.05) is 0 Å². The van der Waals surface area contributed by atoms with Gasteiger partial charge in [0.15, 0.2) is 6.10 Å². The van der Waals surface area contributed by atoms with Crippen LogP contribution in [-0.4, -0.2) is 46.3 Å². The SMILES string of the molecule is C[C@@H](OC(=O)CNS(=O)(=O)c1ccc(N)c([N+](=O)[O-])c1)C(=O)Nc1ccc(S(N)(=O)=O)cc1. The van der Waals surface area contributed by atoms with Gasteiger partial charge in [-0.15, -0.1) is 0 Å². The summed E-state index contributed by atoms with van der Waals surface area (Å²) in [6, 6.07) is 7.66. The summed E-state index contributed by atoms with van der Waals surface area (Å²) >= 11 is 0. The van der Waals surface area contributed by atoms with E-state index in [1.54, 1.807) is 0 Å². The third-order valence-corrected chi connectivity index (χ3v) is 6.37. The molecule has 0 saturated heterocycles. The molecule has 0 bridgehead atoms. The van der Waals surface area contributed by atoms with E-state index in [2.05, 4.69) is 5.32 Å². The first-order chi connectivity index (χ1) is 15.2. The maximum Gasteiger partial charge on any atom is 0.321 e. The van der Waals surface area contributed by atoms with Gasteiger partial charge in [0.1, 0.15) is 12.2 Å². The minimum Gasteiger partial charge on any atom is -0.452 e. The van der Waals surface area contributed by atoms with E-state index in [1.807, 2.05) is 4.72 Å². The number of carbonyl (C=O) groups excluding carboxylic acids is 2. The van der Waals surface area contributed by atoms with Crippen LogP contribution in [0.1, 0.15) is 6.92 Å². The number of nitro groups is 1. The lowest BCUT2D eigenvalue weighted by molar-refractivity contribution is -0.384. The molecule has 0 aliphatic heterocycles. The zero-order chi connectivity index (χ0) is 25.0. The Hall–Kier alpha value is -3.60. The van der Waals surface area contributed by atoms with Crippen LogP contribution < -0.4 is 20.9 Å². The number of nitrogen functional groups attached to an aromatic ring is 1. The minimum absolute atomic E-state index is 0.168. The molecule has 6 N–H and O–H groups in total. The highest BCUT2D eigenvalue weighted by atomic mass is 32.2. The predicted molar refractivity (Wildman–Crippen MR) is 115 cm³/mol. The topological polar surface area (TPSA) is 231 Å². The lowest BCUT2D eigenvalue weighted by Gasteiger charge is -2.14. The quantitative estimate of drug-likeness (QED) is 0.151. The zero-order valence-electron chi connectivity index (χ0n) is 16.9. The van der Waals surface area contributed by atoms with Crippen molar-refractivity contribution in [3.05, 3.63) is 52.6 Å². The molecule has 0 unspecified atom stereocenters. The van der Waals surface area contributed by atoms with Crippen LogP contribution in [0.2, 0.25) is 0 Å². The average Bonchev–Trinajstić information content (AvgIpc) is 2.72. The molecule has 178 valence electrons. The number of nitro benzene ring substituents is 1. The second-order valence-electron chi connectivity index (χ2n) is 6.49. The first-order valence-electron chi connectivity index (χ1n) is 8.87. The number of amides is 1. The number of hydrogen-bond donors (Lipinski definition) is 4. The molecule has 16 heteroatoms. The summed E-state index contributed by atoms with van der Waals surface area (Å²) in [5, 5.41) is 18.3. The van der Waals surface area contributed by atoms with Gasteiger partial charge in [0.05, 0.1) is 14.7 Å². The van der Waals surface area contributed by atoms with Crippen LogP contribution in [0.4, 0.5) is 17.1 Å². The molecule has 0 aliphatic carbocycles. The molecule has 1 amide bonds. The summed E-state index contributed by atoms with van der Waals surface area (Å²) in [4.78, 5) is 33.5. The van der Waals surface area contributed by atoms with Gasteiger partial charge >= 0.3 is 5.97 Å². The van der Waals surface area contributed by atoms with Crippen molar-refractivity contribution in [2.24, 2.45) is 5.14 Å². The maximum absolute atomic E-state index is 12.3. The molecule has 0 heterocycles. The molecule has 0 spiro atoms. The third-order valence-electron chi connectivity index (χ3n) is 4.04. The third kappa shape index (κ3) is 6.94. The van der Waals surface area contributed by atoms with Crippen LogP contribution in [0.25, 0.3) is 0 Å². The fourth-order valence-corrected chi connectivity index (χ4v) is 3.85. The van der Waals surface area contributed by atoms with Gasteiger partial charge in [-0.2, -0.15) is 4.72 Å². The van der Waals surface area contributed by atoms with E-state index in [0.717, 1.165) is 30.3 Å². The largest absolute Gasteiger partial charge is 0.452 e. The van der Waals surface area contributed by atoms with Gasteiger partial charge in [0.2, 0.25) is 20.0 Å². The van der Waals surface area contributed by atoms with E-state index < -0.39 is 60.1 Å². The van der Waals surface area contributed by atoms with Crippen LogP contribution in [0, 0.1) is 10.1 Å². The molecule has 14 nitrogen and oxygen atoms in total. The van der Waals surface area contributed by atoms with Crippen LogP contribution >= 0.6 is 0 Å². The lowest BCUT2D eigenvalue weighted by atomic mass is 10.3. The summed E-state index contributed by atoms with van der Waals surface area (Å²) in [7, 11) is -8.22. The van der Waals surface area contributed by atoms with Crippen molar-refractivity contribution in [2.75, 3.05) is 17.6 Å². The normalized spacial score (nSPS) is 12.5. The van der Waals surface area contributed by atoms with Gasteiger partial charge in [-0.25, -0.2) is 22.0 Å². The van der Waals surface area contributed by atoms with E-state index in [9.17, 15) is 36.5 Å². The standard InChI is InChI=1S/C17H19N5O9S2/c1-10(17(24)21-11-2-4-12(5-3-11)32(19,27)28)31-16(23)9-20-33(29,30)13-6-7-14(18)15(8-13)22(25)26/h2-8,10,20H,9,18H2,1H3,(H,21,24)(H2,19,27,28)/t10-/m1/s1. The molecule has 2 aromatic carbocycles. The van der Waals surface area contributed by atoms with Gasteiger partial charge in [0.25, 0.3) is 11.6 Å². The molecular weight excluding hydrogens is 482 g/mol. The monoisotopic (exact) mass is 501 g/mol. The second-order valence-corrected chi connectivity index (χ2v) is 9.82. The minimum atomic E-state index is -4.32. The number of nitrogens with one attached hydrogen (secondary N) is 2. The number of ether oxygens (including phenoxy) is 1. The summed E-state index contributed by atoms with van der Waals surface area (Å²) in [6.07, 6.45) is -1.34. The molecule has 2 aromatic rings. The first-order valence-corrected chi connectivity index (χ1v) is 11.9. The Morgan fingerprint density at radius 1 is 1.09 bits per heavy atom. The molecular formula is C17H19N5O9S2. The van der Waals surface area contributed by atoms with Gasteiger partial charge in [-0.05, 0) is 43.3 Å². The number of carbonyl (C=O) groups is 2. The number of nitrogens with two attached hydrogens (primary N) is 2. The fraction of sp³-hybridized carbons (Fsp3) is 0.176. The van der Waals surface area contributed by atoms with E-state index in [0.29, 0.717) is 0 Å². The Bertz CT molecular complexity index is 1290. The van der Waals surface area contributed by atoms with E-state index in [-0.39, 0.29) is 16.3 Å². The summed E-state index contributed by atoms with van der Waals surface area (Å²) in [6.45, 7) is 0.366. The zero-order valence-corrected chi connectivity index (χ0v) is 18.6. The molecule has 0 radical (unpaired) electrons. The highest BCUT2D eigenvalue weighted by Crippen LogP contribution is 2.24. The van der Waals surface area contributed by atoms with Crippen molar-refractivity contribution in [3.8, 4) is 0 Å². The van der Waals surface area contributed by atoms with Crippen molar-refractivity contribution in [1.29, 1.82) is 0 Å². The number of anilines is 2. The molecule has 2 rings (SSSR count). The van der Waals surface area contributed by atoms with Crippen molar-refractivity contribution in [2.45, 2.75) is 22.8 Å². The summed E-state index contributed by atoms with van der Waals surface area (Å²) < 4.78 is 53.8. The number of primary sulfonamides is 1. The molecule has 0 fully saturated rings. The second kappa shape index (κ2) is 9.90. The highest BCUT2D eigenvalue weighted by molar-refractivity contribution is 7.89. The predicted octanol–water partition coefficient (Wildman–Crippen LogP) is -0.327. The number of nitrogens with zero attached hydrogens (tertiary/aromatic N) is 1. The maximum atomic E-state index is 12.3. The number of benzene rings is 2. The Balaban J connectivity index is 1.95. The Morgan fingerprint density at radius 3 is 2.21 bits per heavy atom. The molecule has 33 heavy (non-hydrogen) atoms. The van der Waals surface area contributed by atoms with Crippen molar-refractivity contribution in [1.82, 2.24) is 4.72 Å².